The molecule has 6 aromatic rings. The van der Waals surface area contributed by atoms with Gasteiger partial charge in [-0.2, -0.15) is 5.10 Å². The summed E-state index contributed by atoms with van der Waals surface area (Å²) in [6.45, 7) is 1.81. The zero-order valence-electron chi connectivity index (χ0n) is 21.1. The molecular weight excluding hydrogens is 494 g/mol. The van der Waals surface area contributed by atoms with Crippen molar-refractivity contribution in [2.45, 2.75) is 13.0 Å². The number of fused-ring (bicyclic) bond motifs is 2. The lowest BCUT2D eigenvalue weighted by Crippen LogP contribution is -2.33. The second-order valence-electron chi connectivity index (χ2n) is 9.03. The van der Waals surface area contributed by atoms with Crippen LogP contribution in [0.15, 0.2) is 84.7 Å². The highest BCUT2D eigenvalue weighted by Crippen LogP contribution is 2.21. The first-order chi connectivity index (χ1) is 18.9. The maximum Gasteiger partial charge on any atom is 0.280 e. The van der Waals surface area contributed by atoms with E-state index in [4.69, 9.17) is 5.73 Å². The van der Waals surface area contributed by atoms with Crippen molar-refractivity contribution in [3.05, 3.63) is 113 Å². The number of carbonyl (C=O) groups is 1. The van der Waals surface area contributed by atoms with Gasteiger partial charge in [0.2, 0.25) is 0 Å². The number of hydrogen-bond acceptors (Lipinski definition) is 6. The molecule has 11 heteroatoms. The number of nitrogens with two attached hydrogens (primary N) is 1. The molecule has 0 aliphatic heterocycles. The number of nitrogen functional groups attached to an aromatic ring is 1. The Balaban J connectivity index is 1.46. The molecule has 0 spiro atoms. The minimum Gasteiger partial charge on any atom is -0.383 e. The Kier molecular flexibility index (Phi) is 5.69. The van der Waals surface area contributed by atoms with Gasteiger partial charge in [-0.1, -0.05) is 30.0 Å². The van der Waals surface area contributed by atoms with Crippen LogP contribution in [-0.4, -0.2) is 39.0 Å². The summed E-state index contributed by atoms with van der Waals surface area (Å²) in [5.41, 5.74) is 9.32. The summed E-state index contributed by atoms with van der Waals surface area (Å²) in [6.07, 6.45) is 11.8. The summed E-state index contributed by atoms with van der Waals surface area (Å²) in [7, 11) is 1.82. The molecule has 11 nitrogen and oxygen atoms in total. The fraction of sp³-hybridized carbons (Fsp3) is 0.107. The molecule has 0 aliphatic carbocycles. The molecular formula is C28H23N9O2. The molecule has 3 N–H and O–H groups in total. The van der Waals surface area contributed by atoms with Crippen molar-refractivity contribution in [1.82, 2.24) is 38.4 Å². The van der Waals surface area contributed by atoms with E-state index in [0.29, 0.717) is 28.1 Å². The molecule has 0 radical (unpaired) electrons. The number of aromatic nitrogens is 7. The van der Waals surface area contributed by atoms with Gasteiger partial charge in [0.1, 0.15) is 23.2 Å². The smallest absolute Gasteiger partial charge is 0.280 e. The lowest BCUT2D eigenvalue weighted by Gasteiger charge is -2.21. The monoisotopic (exact) mass is 517 g/mol. The van der Waals surface area contributed by atoms with Crippen molar-refractivity contribution >= 4 is 22.9 Å². The van der Waals surface area contributed by atoms with E-state index < -0.39 is 11.9 Å². The van der Waals surface area contributed by atoms with E-state index >= 15 is 0 Å². The summed E-state index contributed by atoms with van der Waals surface area (Å²) < 4.78 is 6.62. The van der Waals surface area contributed by atoms with E-state index in [0.717, 1.165) is 5.56 Å². The van der Waals surface area contributed by atoms with Gasteiger partial charge in [-0.15, -0.1) is 0 Å². The van der Waals surface area contributed by atoms with Crippen LogP contribution in [0, 0.1) is 11.8 Å². The van der Waals surface area contributed by atoms with Crippen LogP contribution >= 0.6 is 0 Å². The normalized spacial score (nSPS) is 11.8. The summed E-state index contributed by atoms with van der Waals surface area (Å²) in [5.74, 6) is 5.79. The molecule has 39 heavy (non-hydrogen) atoms. The summed E-state index contributed by atoms with van der Waals surface area (Å²) in [6, 6.07) is 10.5. The first kappa shape index (κ1) is 23.7. The maximum absolute atomic E-state index is 14.0. The van der Waals surface area contributed by atoms with Crippen molar-refractivity contribution in [2.75, 3.05) is 5.73 Å². The number of aryl methyl sites for hydroxylation is 1. The molecule has 0 saturated carbocycles. The molecule has 1 amide bonds. The van der Waals surface area contributed by atoms with Gasteiger partial charge in [-0.05, 0) is 25.1 Å². The zero-order valence-corrected chi connectivity index (χ0v) is 21.1. The minimum absolute atomic E-state index is 0.0662. The lowest BCUT2D eigenvalue weighted by atomic mass is 10.1. The molecule has 0 saturated heterocycles. The maximum atomic E-state index is 14.0. The van der Waals surface area contributed by atoms with Crippen LogP contribution < -0.4 is 16.6 Å². The Bertz CT molecular complexity index is 1980. The highest BCUT2D eigenvalue weighted by molar-refractivity contribution is 6.04. The van der Waals surface area contributed by atoms with Crippen molar-refractivity contribution < 1.29 is 4.79 Å². The number of amides is 1. The number of nitrogens with one attached hydrogen (secondary N) is 1. The fourth-order valence-electron chi connectivity index (χ4n) is 4.54. The Morgan fingerprint density at radius 2 is 1.87 bits per heavy atom. The Morgan fingerprint density at radius 3 is 2.64 bits per heavy atom. The number of imidazole rings is 1. The molecule has 1 atom stereocenters. The molecule has 0 unspecified atom stereocenters. The van der Waals surface area contributed by atoms with Crippen LogP contribution in [0.2, 0.25) is 0 Å². The Labute approximate surface area is 222 Å². The number of para-hydroxylation sites is 1. The number of rotatable bonds is 4. The molecule has 0 aliphatic rings. The van der Waals surface area contributed by atoms with Crippen molar-refractivity contribution in [3.63, 3.8) is 0 Å². The summed E-state index contributed by atoms with van der Waals surface area (Å²) in [5, 5.41) is 7.11. The average molecular weight is 518 g/mol. The number of nitrogens with zero attached hydrogens (tertiary/aromatic N) is 7. The first-order valence-corrected chi connectivity index (χ1v) is 12.1. The van der Waals surface area contributed by atoms with Crippen LogP contribution in [0.1, 0.15) is 40.1 Å². The second kappa shape index (κ2) is 9.35. The second-order valence-corrected chi connectivity index (χ2v) is 9.03. The third kappa shape index (κ3) is 4.19. The SMILES string of the molecule is C[C@@H](NC(=O)c1c(N)ncn2ccnc12)c1cn2ccc(C#Cc3cnn(C)c3)c2c(=O)n1-c1ccccc1. The van der Waals surface area contributed by atoms with E-state index in [9.17, 15) is 9.59 Å². The average Bonchev–Trinajstić information content (AvgIpc) is 3.67. The van der Waals surface area contributed by atoms with Crippen molar-refractivity contribution in [3.8, 4) is 17.5 Å². The highest BCUT2D eigenvalue weighted by Gasteiger charge is 2.23. The predicted molar refractivity (Wildman–Crippen MR) is 145 cm³/mol. The van der Waals surface area contributed by atoms with E-state index in [1.54, 1.807) is 55.8 Å². The van der Waals surface area contributed by atoms with E-state index in [2.05, 4.69) is 32.2 Å². The molecule has 192 valence electrons. The lowest BCUT2D eigenvalue weighted by molar-refractivity contribution is 0.0940. The van der Waals surface area contributed by atoms with Crippen LogP contribution in [0.25, 0.3) is 16.9 Å². The third-order valence-corrected chi connectivity index (χ3v) is 6.40. The number of carbonyl (C=O) groups excluding carboxylic acids is 1. The zero-order chi connectivity index (χ0) is 27.1. The van der Waals surface area contributed by atoms with Crippen molar-refractivity contribution in [1.29, 1.82) is 0 Å². The van der Waals surface area contributed by atoms with Gasteiger partial charge in [0.05, 0.1) is 29.1 Å². The summed E-state index contributed by atoms with van der Waals surface area (Å²) in [4.78, 5) is 35.7. The molecule has 0 bridgehead atoms. The van der Waals surface area contributed by atoms with Crippen LogP contribution in [0.5, 0.6) is 0 Å². The summed E-state index contributed by atoms with van der Waals surface area (Å²) >= 11 is 0. The van der Waals surface area contributed by atoms with Crippen LogP contribution in [0.4, 0.5) is 5.82 Å². The number of hydrogen-bond donors (Lipinski definition) is 2. The number of benzene rings is 1. The Morgan fingerprint density at radius 1 is 1.05 bits per heavy atom. The molecule has 5 heterocycles. The van der Waals surface area contributed by atoms with Crippen LogP contribution in [0.3, 0.4) is 0 Å². The van der Waals surface area contributed by atoms with Crippen molar-refractivity contribution in [2.24, 2.45) is 7.05 Å². The van der Waals surface area contributed by atoms with Gasteiger partial charge in [0.15, 0.2) is 5.65 Å². The highest BCUT2D eigenvalue weighted by atomic mass is 16.2. The van der Waals surface area contributed by atoms with Gasteiger partial charge >= 0.3 is 0 Å². The van der Waals surface area contributed by atoms with Gasteiger partial charge < -0.3 is 15.5 Å². The molecule has 5 aromatic heterocycles. The quantitative estimate of drug-likeness (QED) is 0.345. The van der Waals surface area contributed by atoms with Crippen LogP contribution in [-0.2, 0) is 7.05 Å². The third-order valence-electron chi connectivity index (χ3n) is 6.40. The predicted octanol–water partition coefficient (Wildman–Crippen LogP) is 2.34. The van der Waals surface area contributed by atoms with Gasteiger partial charge in [-0.25, -0.2) is 9.97 Å². The largest absolute Gasteiger partial charge is 0.383 e. The van der Waals surface area contributed by atoms with Gasteiger partial charge in [0.25, 0.3) is 11.5 Å². The Hall–Kier alpha value is -5.63. The minimum atomic E-state index is -0.586. The molecule has 0 fully saturated rings. The molecule has 1 aromatic carbocycles. The topological polar surface area (TPSA) is 130 Å². The number of anilines is 1. The van der Waals surface area contributed by atoms with E-state index in [-0.39, 0.29) is 16.9 Å². The molecule has 6 rings (SSSR count). The van der Waals surface area contributed by atoms with E-state index in [1.807, 2.05) is 49.8 Å². The van der Waals surface area contributed by atoms with Gasteiger partial charge in [-0.3, -0.25) is 23.2 Å². The van der Waals surface area contributed by atoms with E-state index in [1.165, 1.54) is 6.33 Å². The first-order valence-electron chi connectivity index (χ1n) is 12.1. The standard InChI is InChI=1S/C28H23N9O2/c1-18(33-27(38)23-25(29)31-17-36-13-11-30-26(23)36)22-16-35-12-10-20(9-8-19-14-32-34(2)15-19)24(35)28(39)37(22)21-6-4-3-5-7-21/h3-7,10-18H,29H2,1-2H3,(H,33,38)/t18-/m1/s1. The fourth-order valence-corrected chi connectivity index (χ4v) is 4.54. The van der Waals surface area contributed by atoms with Gasteiger partial charge in [0, 0.05) is 43.7 Å².